The van der Waals surface area contributed by atoms with Crippen LogP contribution < -0.4 is 5.32 Å². The summed E-state index contributed by atoms with van der Waals surface area (Å²) < 4.78 is 0. The van der Waals surface area contributed by atoms with Crippen molar-refractivity contribution in [1.29, 1.82) is 0 Å². The van der Waals surface area contributed by atoms with Crippen LogP contribution >= 0.6 is 0 Å². The molecule has 0 fully saturated rings. The van der Waals surface area contributed by atoms with Gasteiger partial charge in [0.2, 0.25) is 0 Å². The molecule has 0 bridgehead atoms. The average Bonchev–Trinajstić information content (AvgIpc) is 2.36. The van der Waals surface area contributed by atoms with Crippen molar-refractivity contribution < 1.29 is 0 Å². The Balaban J connectivity index is 2.53. The first-order valence-electron chi connectivity index (χ1n) is 7.47. The predicted molar refractivity (Wildman–Crippen MR) is 88.9 cm³/mol. The van der Waals surface area contributed by atoms with Crippen LogP contribution in [0.25, 0.3) is 0 Å². The molecule has 1 aromatic carbocycles. The van der Waals surface area contributed by atoms with Crippen molar-refractivity contribution in [3.8, 4) is 0 Å². The molecule has 20 heavy (non-hydrogen) atoms. The third-order valence-electron chi connectivity index (χ3n) is 3.25. The molecule has 112 valence electrons. The van der Waals surface area contributed by atoms with Crippen molar-refractivity contribution in [3.63, 3.8) is 0 Å². The van der Waals surface area contributed by atoms with Gasteiger partial charge in [-0.05, 0) is 45.8 Å². The molecule has 1 rings (SSSR count). The lowest BCUT2D eigenvalue weighted by atomic mass is 10.1. The van der Waals surface area contributed by atoms with E-state index >= 15 is 0 Å². The molecule has 2 heteroatoms. The maximum atomic E-state index is 4.22. The van der Waals surface area contributed by atoms with E-state index in [1.165, 1.54) is 11.1 Å². The van der Waals surface area contributed by atoms with Gasteiger partial charge >= 0.3 is 0 Å². The Bertz CT molecular complexity index is 401. The molecular formula is C18H30N2. The van der Waals surface area contributed by atoms with Crippen molar-refractivity contribution >= 4 is 0 Å². The molecule has 0 aliphatic rings. The molecule has 0 amide bonds. The zero-order valence-corrected chi connectivity index (χ0v) is 13.7. The monoisotopic (exact) mass is 274 g/mol. The van der Waals surface area contributed by atoms with E-state index in [4.69, 9.17) is 0 Å². The Kier molecular flexibility index (Phi) is 6.44. The number of benzene rings is 1. The highest BCUT2D eigenvalue weighted by molar-refractivity contribution is 5.15. The molecule has 0 spiro atoms. The third kappa shape index (κ3) is 6.88. The van der Waals surface area contributed by atoms with Crippen LogP contribution in [0.2, 0.25) is 0 Å². The van der Waals surface area contributed by atoms with Gasteiger partial charge < -0.3 is 5.32 Å². The quantitative estimate of drug-likeness (QED) is 0.760. The summed E-state index contributed by atoms with van der Waals surface area (Å²) in [6.45, 7) is 18.1. The molecule has 1 N–H and O–H groups in total. The van der Waals surface area contributed by atoms with Crippen LogP contribution in [-0.2, 0) is 6.54 Å². The minimum absolute atomic E-state index is 0.144. The Morgan fingerprint density at radius 1 is 1.20 bits per heavy atom. The molecule has 0 saturated heterocycles. The largest absolute Gasteiger partial charge is 0.308 e. The second-order valence-electron chi connectivity index (χ2n) is 6.84. The van der Waals surface area contributed by atoms with Crippen molar-refractivity contribution in [1.82, 2.24) is 10.2 Å². The van der Waals surface area contributed by atoms with Crippen LogP contribution in [0.1, 0.15) is 40.2 Å². The first-order chi connectivity index (χ1) is 9.28. The summed E-state index contributed by atoms with van der Waals surface area (Å²) in [5, 5.41) is 3.50. The molecule has 0 aromatic heterocycles. The SMILES string of the molecule is C=C(CNC(C)(C)C)CN(Cc1ccccc1)C(C)C. The van der Waals surface area contributed by atoms with Gasteiger partial charge in [-0.25, -0.2) is 0 Å². The van der Waals surface area contributed by atoms with Crippen molar-refractivity contribution in [3.05, 3.63) is 48.0 Å². The normalized spacial score (nSPS) is 12.2. The molecule has 0 saturated carbocycles. The molecule has 0 atom stereocenters. The lowest BCUT2D eigenvalue weighted by Gasteiger charge is -2.29. The van der Waals surface area contributed by atoms with E-state index in [9.17, 15) is 0 Å². The molecule has 0 radical (unpaired) electrons. The van der Waals surface area contributed by atoms with Crippen LogP contribution in [0.4, 0.5) is 0 Å². The van der Waals surface area contributed by atoms with Crippen molar-refractivity contribution in [2.45, 2.75) is 52.7 Å². The molecule has 0 heterocycles. The van der Waals surface area contributed by atoms with E-state index in [1.807, 2.05) is 0 Å². The average molecular weight is 274 g/mol. The number of rotatable bonds is 7. The zero-order valence-electron chi connectivity index (χ0n) is 13.7. The Morgan fingerprint density at radius 3 is 2.30 bits per heavy atom. The summed E-state index contributed by atoms with van der Waals surface area (Å²) in [7, 11) is 0. The molecule has 1 aromatic rings. The highest BCUT2D eigenvalue weighted by Gasteiger charge is 2.13. The fourth-order valence-corrected chi connectivity index (χ4v) is 1.97. The Morgan fingerprint density at radius 2 is 1.80 bits per heavy atom. The lowest BCUT2D eigenvalue weighted by Crippen LogP contribution is -2.39. The number of nitrogens with zero attached hydrogens (tertiary/aromatic N) is 1. The second kappa shape index (κ2) is 7.61. The van der Waals surface area contributed by atoms with Gasteiger partial charge in [0.25, 0.3) is 0 Å². The maximum absolute atomic E-state index is 4.22. The van der Waals surface area contributed by atoms with Gasteiger partial charge in [0.1, 0.15) is 0 Å². The molecule has 2 nitrogen and oxygen atoms in total. The van der Waals surface area contributed by atoms with Gasteiger partial charge in [-0.3, -0.25) is 4.90 Å². The molecule has 0 aliphatic heterocycles. The van der Waals surface area contributed by atoms with Crippen LogP contribution in [0.3, 0.4) is 0 Å². The highest BCUT2D eigenvalue weighted by atomic mass is 15.1. The highest BCUT2D eigenvalue weighted by Crippen LogP contribution is 2.10. The van der Waals surface area contributed by atoms with E-state index in [2.05, 4.69) is 81.7 Å². The number of hydrogen-bond acceptors (Lipinski definition) is 2. The first kappa shape index (κ1) is 16.9. The van der Waals surface area contributed by atoms with Crippen molar-refractivity contribution in [2.75, 3.05) is 13.1 Å². The summed E-state index contributed by atoms with van der Waals surface area (Å²) in [5.41, 5.74) is 2.74. The van der Waals surface area contributed by atoms with Gasteiger partial charge in [-0.1, -0.05) is 36.9 Å². The zero-order chi connectivity index (χ0) is 15.2. The third-order valence-corrected chi connectivity index (χ3v) is 3.25. The van der Waals surface area contributed by atoms with Crippen LogP contribution in [0.5, 0.6) is 0 Å². The summed E-state index contributed by atoms with van der Waals surface area (Å²) in [6, 6.07) is 11.2. The lowest BCUT2D eigenvalue weighted by molar-refractivity contribution is 0.229. The van der Waals surface area contributed by atoms with Crippen LogP contribution in [-0.4, -0.2) is 29.6 Å². The fraction of sp³-hybridized carbons (Fsp3) is 0.556. The number of nitrogens with one attached hydrogen (secondary N) is 1. The van der Waals surface area contributed by atoms with Crippen LogP contribution in [0, 0.1) is 0 Å². The fourth-order valence-electron chi connectivity index (χ4n) is 1.97. The summed E-state index contributed by atoms with van der Waals surface area (Å²) >= 11 is 0. The molecule has 0 unspecified atom stereocenters. The van der Waals surface area contributed by atoms with E-state index in [1.54, 1.807) is 0 Å². The van der Waals surface area contributed by atoms with E-state index in [0.29, 0.717) is 6.04 Å². The molecular weight excluding hydrogens is 244 g/mol. The standard InChI is InChI=1S/C18H30N2/c1-15(2)20(14-17-10-8-7-9-11-17)13-16(3)12-19-18(4,5)6/h7-11,15,19H,3,12-14H2,1-2,4-6H3. The number of hydrogen-bond donors (Lipinski definition) is 1. The smallest absolute Gasteiger partial charge is 0.0239 e. The van der Waals surface area contributed by atoms with E-state index in [-0.39, 0.29) is 5.54 Å². The topological polar surface area (TPSA) is 15.3 Å². The van der Waals surface area contributed by atoms with Gasteiger partial charge in [0, 0.05) is 31.2 Å². The van der Waals surface area contributed by atoms with E-state index in [0.717, 1.165) is 19.6 Å². The predicted octanol–water partition coefficient (Wildman–Crippen LogP) is 3.84. The summed E-state index contributed by atoms with van der Waals surface area (Å²) in [4.78, 5) is 2.46. The van der Waals surface area contributed by atoms with Gasteiger partial charge in [-0.15, -0.1) is 0 Å². The Labute approximate surface area is 124 Å². The minimum atomic E-state index is 0.144. The maximum Gasteiger partial charge on any atom is 0.0239 e. The summed E-state index contributed by atoms with van der Waals surface area (Å²) in [6.07, 6.45) is 0. The van der Waals surface area contributed by atoms with Gasteiger partial charge in [0.15, 0.2) is 0 Å². The summed E-state index contributed by atoms with van der Waals surface area (Å²) in [5.74, 6) is 0. The molecule has 0 aliphatic carbocycles. The van der Waals surface area contributed by atoms with Crippen molar-refractivity contribution in [2.24, 2.45) is 0 Å². The second-order valence-corrected chi connectivity index (χ2v) is 6.84. The first-order valence-corrected chi connectivity index (χ1v) is 7.47. The van der Waals surface area contributed by atoms with Gasteiger partial charge in [0.05, 0.1) is 0 Å². The van der Waals surface area contributed by atoms with Gasteiger partial charge in [-0.2, -0.15) is 0 Å². The Hall–Kier alpha value is -1.12. The van der Waals surface area contributed by atoms with E-state index < -0.39 is 0 Å². The minimum Gasteiger partial charge on any atom is -0.308 e. The van der Waals surface area contributed by atoms with Crippen LogP contribution in [0.15, 0.2) is 42.5 Å².